The maximum Gasteiger partial charge on any atom is 0.312 e. The number of rotatable bonds is 2. The first-order chi connectivity index (χ1) is 4.33. The molecule has 60 valence electrons. The summed E-state index contributed by atoms with van der Waals surface area (Å²) >= 11 is 0. The molecule has 0 aromatic rings. The van der Waals surface area contributed by atoms with Crippen LogP contribution in [0.25, 0.3) is 0 Å². The molecule has 10 heavy (non-hydrogen) atoms. The standard InChI is InChI=1S/C5H13N3O2/c1-3(2)4(9)10-5(6,7)8/h3H,6-8H2,1-2H3. The van der Waals surface area contributed by atoms with Gasteiger partial charge < -0.3 is 4.74 Å². The average Bonchev–Trinajstić information content (AvgIpc) is 1.60. The van der Waals surface area contributed by atoms with Crippen LogP contribution in [-0.4, -0.2) is 11.9 Å². The summed E-state index contributed by atoms with van der Waals surface area (Å²) in [5, 5.41) is 0. The summed E-state index contributed by atoms with van der Waals surface area (Å²) in [6.45, 7) is 3.32. The van der Waals surface area contributed by atoms with Crippen molar-refractivity contribution in [3.8, 4) is 0 Å². The third-order valence-electron chi connectivity index (χ3n) is 0.749. The van der Waals surface area contributed by atoms with Crippen molar-refractivity contribution in [2.75, 3.05) is 0 Å². The molecular formula is C5H13N3O2. The summed E-state index contributed by atoms with van der Waals surface area (Å²) in [4.78, 5) is 10.7. The first kappa shape index (κ1) is 9.35. The van der Waals surface area contributed by atoms with Gasteiger partial charge in [-0.05, 0) is 0 Å². The van der Waals surface area contributed by atoms with Crippen LogP contribution in [0.2, 0.25) is 0 Å². The van der Waals surface area contributed by atoms with Crippen LogP contribution in [0.5, 0.6) is 0 Å². The van der Waals surface area contributed by atoms with Crippen molar-refractivity contribution in [2.24, 2.45) is 23.1 Å². The lowest BCUT2D eigenvalue weighted by molar-refractivity contribution is -0.162. The molecule has 0 spiro atoms. The van der Waals surface area contributed by atoms with Crippen molar-refractivity contribution in [1.82, 2.24) is 0 Å². The van der Waals surface area contributed by atoms with Crippen molar-refractivity contribution < 1.29 is 9.53 Å². The Morgan fingerprint density at radius 2 is 1.80 bits per heavy atom. The molecule has 0 aliphatic rings. The lowest BCUT2D eigenvalue weighted by atomic mass is 10.2. The van der Waals surface area contributed by atoms with E-state index in [0.717, 1.165) is 0 Å². The Morgan fingerprint density at radius 1 is 1.40 bits per heavy atom. The van der Waals surface area contributed by atoms with Crippen molar-refractivity contribution in [2.45, 2.75) is 19.8 Å². The molecule has 0 unspecified atom stereocenters. The van der Waals surface area contributed by atoms with Gasteiger partial charge in [0.05, 0.1) is 5.92 Å². The third-order valence-corrected chi connectivity index (χ3v) is 0.749. The van der Waals surface area contributed by atoms with Crippen LogP contribution in [-0.2, 0) is 9.53 Å². The van der Waals surface area contributed by atoms with Gasteiger partial charge in [-0.15, -0.1) is 0 Å². The Labute approximate surface area is 59.5 Å². The molecule has 0 aromatic carbocycles. The fourth-order valence-corrected chi connectivity index (χ4v) is 0.292. The lowest BCUT2D eigenvalue weighted by Gasteiger charge is -2.19. The molecule has 0 atom stereocenters. The summed E-state index contributed by atoms with van der Waals surface area (Å²) in [5.74, 6) is -2.62. The first-order valence-corrected chi connectivity index (χ1v) is 2.92. The van der Waals surface area contributed by atoms with Gasteiger partial charge in [0.25, 0.3) is 5.97 Å². The zero-order chi connectivity index (χ0) is 8.36. The number of esters is 1. The molecule has 0 aliphatic carbocycles. The Hall–Kier alpha value is -0.650. The van der Waals surface area contributed by atoms with Crippen LogP contribution in [0, 0.1) is 5.92 Å². The van der Waals surface area contributed by atoms with Gasteiger partial charge in [0, 0.05) is 0 Å². The van der Waals surface area contributed by atoms with Gasteiger partial charge in [-0.1, -0.05) is 13.8 Å². The maximum absolute atomic E-state index is 10.7. The van der Waals surface area contributed by atoms with E-state index in [4.69, 9.17) is 17.2 Å². The van der Waals surface area contributed by atoms with E-state index in [9.17, 15) is 4.79 Å². The number of carbonyl (C=O) groups is 1. The van der Waals surface area contributed by atoms with Gasteiger partial charge >= 0.3 is 5.97 Å². The highest BCUT2D eigenvalue weighted by molar-refractivity contribution is 5.71. The summed E-state index contributed by atoms with van der Waals surface area (Å²) in [7, 11) is 0. The molecule has 6 N–H and O–H groups in total. The van der Waals surface area contributed by atoms with Crippen molar-refractivity contribution >= 4 is 5.97 Å². The molecule has 0 rings (SSSR count). The van der Waals surface area contributed by atoms with Gasteiger partial charge in [-0.2, -0.15) is 0 Å². The van der Waals surface area contributed by atoms with E-state index in [1.54, 1.807) is 13.8 Å². The molecule has 0 bridgehead atoms. The fourth-order valence-electron chi connectivity index (χ4n) is 0.292. The predicted molar refractivity (Wildman–Crippen MR) is 36.2 cm³/mol. The van der Waals surface area contributed by atoms with Gasteiger partial charge in [0.2, 0.25) is 0 Å². The molecule has 5 heteroatoms. The quantitative estimate of drug-likeness (QED) is 0.331. The molecule has 0 saturated carbocycles. The second kappa shape index (κ2) is 2.96. The number of nitrogens with two attached hydrogens (primary N) is 3. The lowest BCUT2D eigenvalue weighted by Crippen LogP contribution is -2.61. The van der Waals surface area contributed by atoms with Crippen LogP contribution in [0.15, 0.2) is 0 Å². The second-order valence-corrected chi connectivity index (χ2v) is 2.43. The van der Waals surface area contributed by atoms with Crippen molar-refractivity contribution in [1.29, 1.82) is 0 Å². The highest BCUT2D eigenvalue weighted by atomic mass is 16.6. The van der Waals surface area contributed by atoms with Crippen LogP contribution < -0.4 is 17.2 Å². The van der Waals surface area contributed by atoms with Crippen molar-refractivity contribution in [3.63, 3.8) is 0 Å². The number of carbonyl (C=O) groups excluding carboxylic acids is 1. The van der Waals surface area contributed by atoms with E-state index in [1.807, 2.05) is 0 Å². The summed E-state index contributed by atoms with van der Waals surface area (Å²) in [6, 6.07) is 0. The number of ether oxygens (including phenoxy) is 1. The van der Waals surface area contributed by atoms with Crippen LogP contribution in [0.3, 0.4) is 0 Å². The Balaban J connectivity index is 3.81. The topological polar surface area (TPSA) is 104 Å². The second-order valence-electron chi connectivity index (χ2n) is 2.43. The molecular weight excluding hydrogens is 134 g/mol. The normalized spacial score (nSPS) is 11.8. The van der Waals surface area contributed by atoms with Crippen LogP contribution in [0.4, 0.5) is 0 Å². The smallest absolute Gasteiger partial charge is 0.312 e. The van der Waals surface area contributed by atoms with Crippen molar-refractivity contribution in [3.05, 3.63) is 0 Å². The van der Waals surface area contributed by atoms with E-state index >= 15 is 0 Å². The maximum atomic E-state index is 10.7. The molecule has 5 nitrogen and oxygen atoms in total. The van der Waals surface area contributed by atoms with E-state index in [1.165, 1.54) is 0 Å². The molecule has 0 heterocycles. The van der Waals surface area contributed by atoms with E-state index in [-0.39, 0.29) is 5.92 Å². The monoisotopic (exact) mass is 147 g/mol. The minimum atomic E-state index is -1.85. The van der Waals surface area contributed by atoms with E-state index < -0.39 is 11.9 Å². The highest BCUT2D eigenvalue weighted by Gasteiger charge is 2.19. The Bertz CT molecular complexity index is 127. The Kier molecular flexibility index (Phi) is 2.77. The van der Waals surface area contributed by atoms with Crippen LogP contribution >= 0.6 is 0 Å². The highest BCUT2D eigenvalue weighted by Crippen LogP contribution is 1.97. The SMILES string of the molecule is CC(C)C(=O)OC(N)(N)N. The summed E-state index contributed by atoms with van der Waals surface area (Å²) in [5.41, 5.74) is 15.0. The number of hydrogen-bond donors (Lipinski definition) is 3. The zero-order valence-electron chi connectivity index (χ0n) is 6.13. The third kappa shape index (κ3) is 4.25. The summed E-state index contributed by atoms with van der Waals surface area (Å²) < 4.78 is 4.39. The first-order valence-electron chi connectivity index (χ1n) is 2.92. The van der Waals surface area contributed by atoms with Gasteiger partial charge in [-0.3, -0.25) is 22.0 Å². The van der Waals surface area contributed by atoms with Crippen LogP contribution in [0.1, 0.15) is 13.8 Å². The summed E-state index contributed by atoms with van der Waals surface area (Å²) in [6.07, 6.45) is 0. The minimum absolute atomic E-state index is 0.268. The largest absolute Gasteiger partial charge is 0.416 e. The molecule has 0 radical (unpaired) electrons. The molecule has 0 aromatic heterocycles. The fraction of sp³-hybridized carbons (Fsp3) is 0.800. The average molecular weight is 147 g/mol. The van der Waals surface area contributed by atoms with E-state index in [2.05, 4.69) is 4.74 Å². The molecule has 0 saturated heterocycles. The number of hydrogen-bond acceptors (Lipinski definition) is 5. The zero-order valence-corrected chi connectivity index (χ0v) is 6.13. The predicted octanol–water partition coefficient (Wildman–Crippen LogP) is -1.33. The van der Waals surface area contributed by atoms with E-state index in [0.29, 0.717) is 0 Å². The molecule has 0 aliphatic heterocycles. The molecule has 0 fully saturated rings. The van der Waals surface area contributed by atoms with Gasteiger partial charge in [0.15, 0.2) is 0 Å². The molecule has 0 amide bonds. The minimum Gasteiger partial charge on any atom is -0.416 e. The Morgan fingerprint density at radius 3 is 1.90 bits per heavy atom. The van der Waals surface area contributed by atoms with Gasteiger partial charge in [0.1, 0.15) is 0 Å². The van der Waals surface area contributed by atoms with Gasteiger partial charge in [-0.25, -0.2) is 0 Å².